The molecule has 38 heavy (non-hydrogen) atoms. The molecule has 198 valence electrons. The number of aryl methyl sites for hydroxylation is 1. The van der Waals surface area contributed by atoms with Crippen LogP contribution >= 0.6 is 0 Å². The largest absolute Gasteiger partial charge is 0.492 e. The van der Waals surface area contributed by atoms with Crippen molar-refractivity contribution in [1.82, 2.24) is 9.80 Å². The number of hydrogen-bond donors (Lipinski definition) is 0. The van der Waals surface area contributed by atoms with Crippen LogP contribution in [0.25, 0.3) is 11.1 Å². The summed E-state index contributed by atoms with van der Waals surface area (Å²) in [6.07, 6.45) is 7.34. The van der Waals surface area contributed by atoms with Crippen molar-refractivity contribution in [1.29, 1.82) is 0 Å². The fourth-order valence-corrected chi connectivity index (χ4v) is 6.23. The Morgan fingerprint density at radius 2 is 1.18 bits per heavy atom. The second-order valence-corrected chi connectivity index (χ2v) is 10.9. The molecule has 0 radical (unpaired) electrons. The zero-order chi connectivity index (χ0) is 25.6. The van der Waals surface area contributed by atoms with E-state index in [0.29, 0.717) is 0 Å². The highest BCUT2D eigenvalue weighted by atomic mass is 16.5. The molecule has 2 saturated heterocycles. The van der Waals surface area contributed by atoms with Gasteiger partial charge in [-0.05, 0) is 122 Å². The van der Waals surface area contributed by atoms with Gasteiger partial charge < -0.3 is 9.47 Å². The quantitative estimate of drug-likeness (QED) is 0.310. The first kappa shape index (κ1) is 25.2. The molecule has 2 heterocycles. The minimum atomic E-state index is 0.751. The van der Waals surface area contributed by atoms with E-state index in [1.807, 2.05) is 0 Å². The second kappa shape index (κ2) is 12.2. The van der Waals surface area contributed by atoms with Crippen LogP contribution < -0.4 is 9.47 Å². The lowest BCUT2D eigenvalue weighted by Crippen LogP contribution is -2.25. The first-order valence-corrected chi connectivity index (χ1v) is 14.6. The number of benzene rings is 3. The van der Waals surface area contributed by atoms with E-state index in [2.05, 4.69) is 82.6 Å². The summed E-state index contributed by atoms with van der Waals surface area (Å²) >= 11 is 0. The lowest BCUT2D eigenvalue weighted by atomic mass is 9.79. The SMILES string of the molecule is c1ccc(C2=C(c3ccc(OCCN4CCCC4)cc3)c3ccc(OCCN4CCCC4)cc3CC2)cc1. The molecule has 3 aliphatic rings. The van der Waals surface area contributed by atoms with Crippen molar-refractivity contribution in [2.75, 3.05) is 52.5 Å². The Morgan fingerprint density at radius 1 is 0.579 bits per heavy atom. The van der Waals surface area contributed by atoms with Crippen LogP contribution in [0, 0.1) is 0 Å². The maximum Gasteiger partial charge on any atom is 0.119 e. The van der Waals surface area contributed by atoms with Gasteiger partial charge in [-0.15, -0.1) is 0 Å². The maximum atomic E-state index is 6.20. The maximum absolute atomic E-state index is 6.20. The average Bonchev–Trinajstić information content (AvgIpc) is 3.68. The molecule has 2 aliphatic heterocycles. The molecular weight excluding hydrogens is 468 g/mol. The van der Waals surface area contributed by atoms with Crippen molar-refractivity contribution in [2.24, 2.45) is 0 Å². The molecule has 0 spiro atoms. The highest BCUT2D eigenvalue weighted by Gasteiger charge is 2.22. The van der Waals surface area contributed by atoms with E-state index in [-0.39, 0.29) is 0 Å². The van der Waals surface area contributed by atoms with Crippen molar-refractivity contribution >= 4 is 11.1 Å². The molecule has 2 fully saturated rings. The average molecular weight is 509 g/mol. The lowest BCUT2D eigenvalue weighted by molar-refractivity contribution is 0.237. The van der Waals surface area contributed by atoms with Gasteiger partial charge in [-0.1, -0.05) is 48.5 Å². The van der Waals surface area contributed by atoms with Crippen LogP contribution in [-0.2, 0) is 6.42 Å². The number of ether oxygens (including phenoxy) is 2. The summed E-state index contributed by atoms with van der Waals surface area (Å²) in [5.41, 5.74) is 8.02. The van der Waals surface area contributed by atoms with Crippen molar-refractivity contribution in [3.05, 3.63) is 95.1 Å². The topological polar surface area (TPSA) is 24.9 Å². The third-order valence-corrected chi connectivity index (χ3v) is 8.31. The van der Waals surface area contributed by atoms with Gasteiger partial charge in [-0.3, -0.25) is 9.80 Å². The first-order valence-electron chi connectivity index (χ1n) is 14.6. The summed E-state index contributed by atoms with van der Waals surface area (Å²) in [4.78, 5) is 5.00. The van der Waals surface area contributed by atoms with Crippen LogP contribution in [0.4, 0.5) is 0 Å². The Kier molecular flexibility index (Phi) is 8.09. The Bertz CT molecular complexity index is 1220. The highest BCUT2D eigenvalue weighted by Crippen LogP contribution is 2.42. The summed E-state index contributed by atoms with van der Waals surface area (Å²) in [6.45, 7) is 8.40. The van der Waals surface area contributed by atoms with Gasteiger partial charge in [0, 0.05) is 13.1 Å². The number of likely N-dealkylation sites (tertiary alicyclic amines) is 2. The van der Waals surface area contributed by atoms with Crippen molar-refractivity contribution < 1.29 is 9.47 Å². The smallest absolute Gasteiger partial charge is 0.119 e. The Morgan fingerprint density at radius 3 is 1.84 bits per heavy atom. The van der Waals surface area contributed by atoms with Crippen LogP contribution in [0.3, 0.4) is 0 Å². The molecule has 0 atom stereocenters. The molecule has 0 bridgehead atoms. The van der Waals surface area contributed by atoms with Crippen LogP contribution in [0.5, 0.6) is 11.5 Å². The third kappa shape index (κ3) is 5.98. The van der Waals surface area contributed by atoms with Gasteiger partial charge in [0.1, 0.15) is 24.7 Å². The van der Waals surface area contributed by atoms with E-state index < -0.39 is 0 Å². The Hall–Kier alpha value is -3.08. The Labute approximate surface area is 227 Å². The highest BCUT2D eigenvalue weighted by molar-refractivity contribution is 6.00. The van der Waals surface area contributed by atoms with Gasteiger partial charge in [0.25, 0.3) is 0 Å². The molecule has 4 heteroatoms. The summed E-state index contributed by atoms with van der Waals surface area (Å²) in [5, 5.41) is 0. The molecule has 3 aromatic carbocycles. The van der Waals surface area contributed by atoms with Gasteiger partial charge in [0.05, 0.1) is 0 Å². The molecule has 0 aromatic heterocycles. The third-order valence-electron chi connectivity index (χ3n) is 8.31. The van der Waals surface area contributed by atoms with Gasteiger partial charge >= 0.3 is 0 Å². The van der Waals surface area contributed by atoms with Crippen molar-refractivity contribution in [2.45, 2.75) is 38.5 Å². The number of rotatable bonds is 10. The molecule has 0 N–H and O–H groups in total. The van der Waals surface area contributed by atoms with Gasteiger partial charge in [-0.2, -0.15) is 0 Å². The van der Waals surface area contributed by atoms with E-state index in [4.69, 9.17) is 9.47 Å². The van der Waals surface area contributed by atoms with Gasteiger partial charge in [0.2, 0.25) is 0 Å². The fourth-order valence-electron chi connectivity index (χ4n) is 6.23. The summed E-state index contributed by atoms with van der Waals surface area (Å²) in [7, 11) is 0. The van der Waals surface area contributed by atoms with Crippen LogP contribution in [0.2, 0.25) is 0 Å². The minimum absolute atomic E-state index is 0.751. The molecular formula is C34H40N2O2. The van der Waals surface area contributed by atoms with Crippen molar-refractivity contribution in [3.8, 4) is 11.5 Å². The number of allylic oxidation sites excluding steroid dienone is 1. The molecule has 4 nitrogen and oxygen atoms in total. The van der Waals surface area contributed by atoms with Crippen molar-refractivity contribution in [3.63, 3.8) is 0 Å². The predicted octanol–water partition coefficient (Wildman–Crippen LogP) is 6.54. The predicted molar refractivity (Wildman–Crippen MR) is 156 cm³/mol. The second-order valence-electron chi connectivity index (χ2n) is 10.9. The Balaban J connectivity index is 1.22. The molecule has 3 aromatic rings. The number of fused-ring (bicyclic) bond motifs is 1. The van der Waals surface area contributed by atoms with Gasteiger partial charge in [-0.25, -0.2) is 0 Å². The first-order chi connectivity index (χ1) is 18.8. The van der Waals surface area contributed by atoms with Crippen LogP contribution in [0.15, 0.2) is 72.8 Å². The standard InChI is InChI=1S/C34H40N2O2/c1-2-8-27(9-3-1)32-16-12-29-26-31(38-25-23-36-20-6-7-21-36)15-17-33(29)34(32)28-10-13-30(14-11-28)37-24-22-35-18-4-5-19-35/h1-3,8-11,13-15,17,26H,4-7,12,16,18-25H2. The molecule has 6 rings (SSSR count). The van der Waals surface area contributed by atoms with E-state index >= 15 is 0 Å². The molecule has 0 saturated carbocycles. The molecule has 0 unspecified atom stereocenters. The zero-order valence-corrected chi connectivity index (χ0v) is 22.5. The van der Waals surface area contributed by atoms with E-state index in [9.17, 15) is 0 Å². The zero-order valence-electron chi connectivity index (χ0n) is 22.5. The number of nitrogens with zero attached hydrogens (tertiary/aromatic N) is 2. The summed E-state index contributed by atoms with van der Waals surface area (Å²) in [6, 6.07) is 26.3. The van der Waals surface area contributed by atoms with Crippen LogP contribution in [-0.4, -0.2) is 62.3 Å². The van der Waals surface area contributed by atoms with E-state index in [1.54, 1.807) is 0 Å². The minimum Gasteiger partial charge on any atom is -0.492 e. The van der Waals surface area contributed by atoms with E-state index in [0.717, 1.165) is 50.6 Å². The lowest BCUT2D eigenvalue weighted by Gasteiger charge is -2.25. The summed E-state index contributed by atoms with van der Waals surface area (Å²) in [5.74, 6) is 1.94. The van der Waals surface area contributed by atoms with Crippen LogP contribution in [0.1, 0.15) is 54.4 Å². The van der Waals surface area contributed by atoms with Gasteiger partial charge in [0.15, 0.2) is 0 Å². The number of hydrogen-bond acceptors (Lipinski definition) is 4. The molecule has 1 aliphatic carbocycles. The fraction of sp³-hybridized carbons (Fsp3) is 0.412. The normalized spacial score (nSPS) is 18.1. The molecule has 0 amide bonds. The van der Waals surface area contributed by atoms with E-state index in [1.165, 1.54) is 85.3 Å². The summed E-state index contributed by atoms with van der Waals surface area (Å²) < 4.78 is 12.3. The monoisotopic (exact) mass is 508 g/mol.